The molecule has 0 bridgehead atoms. The molecule has 0 fully saturated rings. The van der Waals surface area contributed by atoms with E-state index in [-0.39, 0.29) is 0 Å². The van der Waals surface area contributed by atoms with E-state index in [9.17, 15) is 0 Å². The lowest BCUT2D eigenvalue weighted by molar-refractivity contribution is 1.08. The summed E-state index contributed by atoms with van der Waals surface area (Å²) in [6.45, 7) is 0. The zero-order valence-electron chi connectivity index (χ0n) is 13.5. The monoisotopic (exact) mass is 306 g/mol. The fourth-order valence-corrected chi connectivity index (χ4v) is 3.96. The van der Waals surface area contributed by atoms with Crippen LogP contribution in [0.2, 0.25) is 0 Å². The minimum Gasteiger partial charge on any atom is -0.0763 e. The van der Waals surface area contributed by atoms with Crippen molar-refractivity contribution in [1.29, 1.82) is 0 Å². The van der Waals surface area contributed by atoms with Gasteiger partial charge in [0.15, 0.2) is 0 Å². The predicted molar refractivity (Wildman–Crippen MR) is 103 cm³/mol. The quantitative estimate of drug-likeness (QED) is 0.445. The first kappa shape index (κ1) is 13.6. The zero-order valence-corrected chi connectivity index (χ0v) is 13.5. The molecule has 0 atom stereocenters. The van der Waals surface area contributed by atoms with Crippen molar-refractivity contribution in [1.82, 2.24) is 0 Å². The van der Waals surface area contributed by atoms with Gasteiger partial charge in [0, 0.05) is 0 Å². The lowest BCUT2D eigenvalue weighted by Crippen LogP contribution is -2.29. The van der Waals surface area contributed by atoms with Gasteiger partial charge >= 0.3 is 0 Å². The van der Waals surface area contributed by atoms with Crippen LogP contribution in [0.5, 0.6) is 0 Å². The lowest BCUT2D eigenvalue weighted by atomic mass is 9.91. The highest BCUT2D eigenvalue weighted by Crippen LogP contribution is 2.28. The summed E-state index contributed by atoms with van der Waals surface area (Å²) in [5.41, 5.74) is 2.83. The Morgan fingerprint density at radius 1 is 0.625 bits per heavy atom. The molecule has 4 aromatic carbocycles. The van der Waals surface area contributed by atoms with Crippen molar-refractivity contribution in [3.63, 3.8) is 0 Å². The summed E-state index contributed by atoms with van der Waals surface area (Å²) in [7, 11) is 0. The van der Waals surface area contributed by atoms with Gasteiger partial charge in [-0.3, -0.25) is 0 Å². The van der Waals surface area contributed by atoms with Gasteiger partial charge in [0.1, 0.15) is 0 Å². The van der Waals surface area contributed by atoms with E-state index in [4.69, 9.17) is 0 Å². The maximum absolute atomic E-state index is 2.36. The molecule has 114 valence electrons. The molecule has 1 aliphatic carbocycles. The third-order valence-corrected chi connectivity index (χ3v) is 5.14. The molecular weight excluding hydrogens is 288 g/mol. The summed E-state index contributed by atoms with van der Waals surface area (Å²) in [5, 5.41) is 8.08. The largest absolute Gasteiger partial charge is 0.0763 e. The van der Waals surface area contributed by atoms with Gasteiger partial charge in [-0.05, 0) is 62.0 Å². The molecule has 0 heteroatoms. The highest BCUT2D eigenvalue weighted by atomic mass is 14.1. The zero-order chi connectivity index (χ0) is 15.9. The second kappa shape index (κ2) is 5.35. The van der Waals surface area contributed by atoms with E-state index in [1.807, 2.05) is 0 Å². The van der Waals surface area contributed by atoms with Crippen LogP contribution in [0.25, 0.3) is 33.2 Å². The van der Waals surface area contributed by atoms with Crippen LogP contribution in [0, 0.1) is 0 Å². The Balaban J connectivity index is 1.80. The average molecular weight is 306 g/mol. The number of hydrogen-bond acceptors (Lipinski definition) is 0. The summed E-state index contributed by atoms with van der Waals surface area (Å²) in [6, 6.07) is 28.8. The first-order chi connectivity index (χ1) is 11.9. The third kappa shape index (κ3) is 2.07. The van der Waals surface area contributed by atoms with E-state index >= 15 is 0 Å². The van der Waals surface area contributed by atoms with E-state index in [0.717, 1.165) is 12.8 Å². The van der Waals surface area contributed by atoms with Crippen molar-refractivity contribution in [3.05, 3.63) is 94.9 Å². The van der Waals surface area contributed by atoms with E-state index < -0.39 is 0 Å². The number of fused-ring (bicyclic) bond motifs is 4. The molecule has 1 aliphatic rings. The summed E-state index contributed by atoms with van der Waals surface area (Å²) in [6.07, 6.45) is 4.60. The van der Waals surface area contributed by atoms with Crippen molar-refractivity contribution in [2.45, 2.75) is 12.8 Å². The Morgan fingerprint density at radius 3 is 2.42 bits per heavy atom. The molecule has 0 radical (unpaired) electrons. The molecule has 0 aliphatic heterocycles. The van der Waals surface area contributed by atoms with Gasteiger partial charge in [0.05, 0.1) is 0 Å². The number of benzene rings is 4. The molecule has 0 saturated carbocycles. The molecule has 5 rings (SSSR count). The van der Waals surface area contributed by atoms with Gasteiger partial charge in [0.2, 0.25) is 0 Å². The van der Waals surface area contributed by atoms with Crippen LogP contribution in [0.3, 0.4) is 0 Å². The van der Waals surface area contributed by atoms with Crippen molar-refractivity contribution in [3.8, 4) is 0 Å². The summed E-state index contributed by atoms with van der Waals surface area (Å²) >= 11 is 0. The minimum atomic E-state index is 1.12. The molecular formula is C24H18. The molecule has 4 aromatic rings. The average Bonchev–Trinajstić information content (AvgIpc) is 2.67. The molecule has 0 heterocycles. The predicted octanol–water partition coefficient (Wildman–Crippen LogP) is 4.77. The number of rotatable bonds is 1. The van der Waals surface area contributed by atoms with Crippen LogP contribution in [-0.4, -0.2) is 0 Å². The molecule has 0 N–H and O–H groups in total. The van der Waals surface area contributed by atoms with Crippen LogP contribution < -0.4 is 10.4 Å². The SMILES string of the molecule is C1=c2ccccc2=C(c2ccc3c(ccc4ccccc43)c2)CC1. The van der Waals surface area contributed by atoms with Crippen LogP contribution in [0.4, 0.5) is 0 Å². The maximum atomic E-state index is 2.36. The first-order valence-corrected chi connectivity index (χ1v) is 8.60. The van der Waals surface area contributed by atoms with Gasteiger partial charge in [-0.1, -0.05) is 78.9 Å². The Labute approximate surface area is 141 Å². The summed E-state index contributed by atoms with van der Waals surface area (Å²) in [5.74, 6) is 0. The van der Waals surface area contributed by atoms with Gasteiger partial charge in [0.25, 0.3) is 0 Å². The minimum absolute atomic E-state index is 1.12. The number of hydrogen-bond donors (Lipinski definition) is 0. The Kier molecular flexibility index (Phi) is 3.02. The van der Waals surface area contributed by atoms with E-state index in [1.165, 1.54) is 43.1 Å². The van der Waals surface area contributed by atoms with Crippen molar-refractivity contribution >= 4 is 33.2 Å². The maximum Gasteiger partial charge on any atom is -0.0105 e. The van der Waals surface area contributed by atoms with Crippen LogP contribution in [0.15, 0.2) is 78.9 Å². The molecule has 0 nitrogen and oxygen atoms in total. The van der Waals surface area contributed by atoms with Crippen molar-refractivity contribution in [2.24, 2.45) is 0 Å². The highest BCUT2D eigenvalue weighted by Gasteiger charge is 2.08. The Morgan fingerprint density at radius 2 is 1.42 bits per heavy atom. The van der Waals surface area contributed by atoms with Crippen molar-refractivity contribution in [2.75, 3.05) is 0 Å². The Hall–Kier alpha value is -2.86. The fourth-order valence-electron chi connectivity index (χ4n) is 3.96. The van der Waals surface area contributed by atoms with E-state index in [2.05, 4.69) is 84.9 Å². The van der Waals surface area contributed by atoms with Crippen LogP contribution >= 0.6 is 0 Å². The highest BCUT2D eigenvalue weighted by molar-refractivity contribution is 6.08. The topological polar surface area (TPSA) is 0 Å². The second-order valence-corrected chi connectivity index (χ2v) is 6.53. The summed E-state index contributed by atoms with van der Waals surface area (Å²) < 4.78 is 0. The Bertz CT molecular complexity index is 1200. The first-order valence-electron chi connectivity index (χ1n) is 8.60. The van der Waals surface area contributed by atoms with Crippen LogP contribution in [0.1, 0.15) is 18.4 Å². The normalized spacial score (nSPS) is 13.8. The molecule has 0 unspecified atom stereocenters. The molecule has 0 spiro atoms. The van der Waals surface area contributed by atoms with E-state index in [1.54, 1.807) is 0 Å². The van der Waals surface area contributed by atoms with Gasteiger partial charge < -0.3 is 0 Å². The molecule has 0 amide bonds. The molecule has 24 heavy (non-hydrogen) atoms. The van der Waals surface area contributed by atoms with E-state index in [0.29, 0.717) is 0 Å². The lowest BCUT2D eigenvalue weighted by Gasteiger charge is -2.13. The van der Waals surface area contributed by atoms with Gasteiger partial charge in [-0.15, -0.1) is 0 Å². The smallest absolute Gasteiger partial charge is 0.0105 e. The summed E-state index contributed by atoms with van der Waals surface area (Å²) in [4.78, 5) is 0. The fraction of sp³-hybridized carbons (Fsp3) is 0.0833. The van der Waals surface area contributed by atoms with Gasteiger partial charge in [-0.25, -0.2) is 0 Å². The van der Waals surface area contributed by atoms with Crippen molar-refractivity contribution < 1.29 is 0 Å². The van der Waals surface area contributed by atoms with Gasteiger partial charge in [-0.2, -0.15) is 0 Å². The molecule has 0 aromatic heterocycles. The van der Waals surface area contributed by atoms with Crippen LogP contribution in [-0.2, 0) is 0 Å². The third-order valence-electron chi connectivity index (χ3n) is 5.14. The standard InChI is InChI=1S/C24H18/c1-3-9-21-17(6-1)8-5-11-23(21)20-14-15-24-19(16-20)13-12-18-7-2-4-10-22(18)24/h1-4,6-10,12-16H,5,11H2. The second-order valence-electron chi connectivity index (χ2n) is 6.53. The molecule has 0 saturated heterocycles.